The summed E-state index contributed by atoms with van der Waals surface area (Å²) in [6.45, 7) is 1.83. The summed E-state index contributed by atoms with van der Waals surface area (Å²) < 4.78 is 0. The van der Waals surface area contributed by atoms with E-state index in [0.717, 1.165) is 23.2 Å². The number of alkyl halides is 1. The Kier molecular flexibility index (Phi) is 3.50. The zero-order valence-corrected chi connectivity index (χ0v) is 7.77. The highest BCUT2D eigenvalue weighted by Crippen LogP contribution is 2.11. The number of hydrogen-bond acceptors (Lipinski definition) is 1. The van der Waals surface area contributed by atoms with E-state index in [1.165, 1.54) is 0 Å². The summed E-state index contributed by atoms with van der Waals surface area (Å²) >= 11 is 5.59. The van der Waals surface area contributed by atoms with E-state index < -0.39 is 0 Å². The summed E-state index contributed by atoms with van der Waals surface area (Å²) in [5.41, 5.74) is 2.63. The van der Waals surface area contributed by atoms with Crippen LogP contribution in [0.1, 0.15) is 23.7 Å². The van der Waals surface area contributed by atoms with Crippen molar-refractivity contribution < 1.29 is 5.11 Å². The van der Waals surface area contributed by atoms with Gasteiger partial charge in [-0.25, -0.2) is 5.11 Å². The van der Waals surface area contributed by atoms with E-state index in [1.54, 1.807) is 12.3 Å². The van der Waals surface area contributed by atoms with Crippen LogP contribution in [-0.4, -0.2) is 4.98 Å². The van der Waals surface area contributed by atoms with Gasteiger partial charge in [0, 0.05) is 6.20 Å². The zero-order chi connectivity index (χ0) is 8.97. The van der Waals surface area contributed by atoms with Crippen LogP contribution in [0, 0.1) is 0 Å². The van der Waals surface area contributed by atoms with Crippen LogP contribution in [0.2, 0.25) is 0 Å². The molecule has 0 amide bonds. The van der Waals surface area contributed by atoms with E-state index in [1.807, 2.05) is 6.92 Å². The third kappa shape index (κ3) is 1.96. The van der Waals surface area contributed by atoms with Crippen LogP contribution < -0.4 is 0 Å². The molecule has 3 heteroatoms. The Morgan fingerprint density at radius 3 is 2.75 bits per heavy atom. The molecule has 0 aliphatic heterocycles. The minimum atomic E-state index is -0.185. The predicted molar refractivity (Wildman–Crippen MR) is 47.6 cm³/mol. The largest absolute Gasteiger partial charge is 0.260 e. The van der Waals surface area contributed by atoms with Gasteiger partial charge in [-0.1, -0.05) is 6.92 Å². The van der Waals surface area contributed by atoms with Crippen LogP contribution in [0.3, 0.4) is 0 Å². The first kappa shape index (κ1) is 9.49. The molecule has 0 atom stereocenters. The molecule has 0 spiro atoms. The van der Waals surface area contributed by atoms with Gasteiger partial charge in [-0.2, -0.15) is 0 Å². The second kappa shape index (κ2) is 4.43. The standard InChI is InChI=1S/C9H11ClNO/c1-2-7-5-11-9(4-10)3-8(7)6-12/h3,5H,2,4,6H2,1H3. The highest BCUT2D eigenvalue weighted by molar-refractivity contribution is 6.16. The molecule has 1 radical (unpaired) electrons. The Morgan fingerprint density at radius 1 is 1.50 bits per heavy atom. The van der Waals surface area contributed by atoms with Crippen LogP contribution >= 0.6 is 11.6 Å². The Morgan fingerprint density at radius 2 is 2.25 bits per heavy atom. The Hall–Kier alpha value is -0.600. The van der Waals surface area contributed by atoms with Gasteiger partial charge in [-0.15, -0.1) is 11.6 Å². The summed E-state index contributed by atoms with van der Waals surface area (Å²) in [7, 11) is 0. The number of hydrogen-bond donors (Lipinski definition) is 0. The van der Waals surface area contributed by atoms with Crippen LogP contribution in [0.5, 0.6) is 0 Å². The molecule has 0 fully saturated rings. The van der Waals surface area contributed by atoms with E-state index in [4.69, 9.17) is 11.6 Å². The minimum absolute atomic E-state index is 0.185. The first-order chi connectivity index (χ1) is 5.81. The summed E-state index contributed by atoms with van der Waals surface area (Å²) in [6.07, 6.45) is 2.60. The first-order valence-corrected chi connectivity index (χ1v) is 4.46. The maximum atomic E-state index is 10.7. The number of nitrogens with zero attached hydrogens (tertiary/aromatic N) is 1. The lowest BCUT2D eigenvalue weighted by atomic mass is 10.1. The van der Waals surface area contributed by atoms with Gasteiger partial charge < -0.3 is 0 Å². The molecular weight excluding hydrogens is 174 g/mol. The topological polar surface area (TPSA) is 32.8 Å². The smallest absolute Gasteiger partial charge is 0.108 e. The Balaban J connectivity index is 3.02. The number of aryl methyl sites for hydroxylation is 1. The van der Waals surface area contributed by atoms with Crippen LogP contribution in [0.4, 0.5) is 0 Å². The van der Waals surface area contributed by atoms with Crippen LogP contribution in [-0.2, 0) is 24.0 Å². The molecule has 0 aliphatic rings. The molecule has 0 unspecified atom stereocenters. The Bertz CT molecular complexity index is 263. The van der Waals surface area contributed by atoms with Gasteiger partial charge in [0.2, 0.25) is 0 Å². The molecule has 65 valence electrons. The second-order valence-corrected chi connectivity index (χ2v) is 2.84. The lowest BCUT2D eigenvalue weighted by Gasteiger charge is -2.04. The molecule has 0 N–H and O–H groups in total. The fraction of sp³-hybridized carbons (Fsp3) is 0.444. The number of pyridine rings is 1. The molecule has 0 aromatic carbocycles. The normalized spacial score (nSPS) is 10.2. The third-order valence-electron chi connectivity index (χ3n) is 1.81. The fourth-order valence-corrected chi connectivity index (χ4v) is 1.25. The van der Waals surface area contributed by atoms with Gasteiger partial charge in [-0.3, -0.25) is 4.98 Å². The van der Waals surface area contributed by atoms with Crippen molar-refractivity contribution in [2.45, 2.75) is 25.8 Å². The number of rotatable bonds is 3. The van der Waals surface area contributed by atoms with Gasteiger partial charge in [0.15, 0.2) is 0 Å². The van der Waals surface area contributed by atoms with E-state index in [9.17, 15) is 5.11 Å². The molecule has 1 rings (SSSR count). The average Bonchev–Trinajstić information content (AvgIpc) is 2.16. The van der Waals surface area contributed by atoms with Crippen molar-refractivity contribution in [1.29, 1.82) is 0 Å². The van der Waals surface area contributed by atoms with Gasteiger partial charge in [0.25, 0.3) is 0 Å². The summed E-state index contributed by atoms with van der Waals surface area (Å²) in [5, 5.41) is 10.7. The van der Waals surface area contributed by atoms with Crippen molar-refractivity contribution in [2.75, 3.05) is 0 Å². The lowest BCUT2D eigenvalue weighted by molar-refractivity contribution is 0.176. The predicted octanol–water partition coefficient (Wildman–Crippen LogP) is 2.31. The monoisotopic (exact) mass is 184 g/mol. The van der Waals surface area contributed by atoms with Crippen molar-refractivity contribution in [3.8, 4) is 0 Å². The molecule has 0 saturated heterocycles. The third-order valence-corrected chi connectivity index (χ3v) is 2.09. The molecule has 2 nitrogen and oxygen atoms in total. The fourth-order valence-electron chi connectivity index (χ4n) is 1.10. The SMILES string of the molecule is CCc1cnc(CCl)cc1C[O]. The maximum absolute atomic E-state index is 10.7. The van der Waals surface area contributed by atoms with Crippen molar-refractivity contribution in [3.05, 3.63) is 29.1 Å². The quantitative estimate of drug-likeness (QED) is 0.664. The van der Waals surface area contributed by atoms with Gasteiger partial charge >= 0.3 is 0 Å². The molecule has 1 aromatic heterocycles. The van der Waals surface area contributed by atoms with E-state index >= 15 is 0 Å². The van der Waals surface area contributed by atoms with Crippen molar-refractivity contribution in [3.63, 3.8) is 0 Å². The lowest BCUT2D eigenvalue weighted by Crippen LogP contribution is -1.96. The summed E-state index contributed by atoms with van der Waals surface area (Å²) in [5.74, 6) is 0.372. The van der Waals surface area contributed by atoms with Crippen LogP contribution in [0.15, 0.2) is 12.3 Å². The average molecular weight is 185 g/mol. The molecule has 0 saturated carbocycles. The van der Waals surface area contributed by atoms with Gasteiger partial charge in [0.05, 0.1) is 11.6 Å². The van der Waals surface area contributed by atoms with Gasteiger partial charge in [-0.05, 0) is 23.6 Å². The zero-order valence-electron chi connectivity index (χ0n) is 7.01. The van der Waals surface area contributed by atoms with Crippen molar-refractivity contribution in [2.24, 2.45) is 0 Å². The van der Waals surface area contributed by atoms with Crippen molar-refractivity contribution >= 4 is 11.6 Å². The van der Waals surface area contributed by atoms with Crippen LogP contribution in [0.25, 0.3) is 0 Å². The van der Waals surface area contributed by atoms with E-state index in [-0.39, 0.29) is 6.61 Å². The second-order valence-electron chi connectivity index (χ2n) is 2.58. The molecule has 1 aromatic rings. The minimum Gasteiger partial charge on any atom is -0.260 e. The number of halogens is 1. The maximum Gasteiger partial charge on any atom is 0.108 e. The highest BCUT2D eigenvalue weighted by atomic mass is 35.5. The Labute approximate surface area is 77.2 Å². The first-order valence-electron chi connectivity index (χ1n) is 3.92. The number of aromatic nitrogens is 1. The molecule has 0 aliphatic carbocycles. The molecular formula is C9H11ClNO. The van der Waals surface area contributed by atoms with Gasteiger partial charge in [0.1, 0.15) is 6.61 Å². The molecule has 1 heterocycles. The molecule has 0 bridgehead atoms. The summed E-state index contributed by atoms with van der Waals surface area (Å²) in [6, 6.07) is 1.79. The van der Waals surface area contributed by atoms with E-state index in [2.05, 4.69) is 4.98 Å². The highest BCUT2D eigenvalue weighted by Gasteiger charge is 2.02. The molecule has 12 heavy (non-hydrogen) atoms. The summed E-state index contributed by atoms with van der Waals surface area (Å²) in [4.78, 5) is 4.11. The van der Waals surface area contributed by atoms with E-state index in [0.29, 0.717) is 5.88 Å². The van der Waals surface area contributed by atoms with Crippen molar-refractivity contribution in [1.82, 2.24) is 4.98 Å².